The Morgan fingerprint density at radius 1 is 1.35 bits per heavy atom. The first kappa shape index (κ1) is 14.7. The van der Waals surface area contributed by atoms with E-state index in [4.69, 9.17) is 0 Å². The van der Waals surface area contributed by atoms with Gasteiger partial charge in [-0.05, 0) is 25.4 Å². The Balaban J connectivity index is 2.30. The largest absolute Gasteiger partial charge is 0.319 e. The highest BCUT2D eigenvalue weighted by Gasteiger charge is 2.43. The van der Waals surface area contributed by atoms with Gasteiger partial charge in [0.05, 0.1) is 6.54 Å². The number of alkyl halides is 4. The molecule has 1 atom stereocenters. The lowest BCUT2D eigenvalue weighted by molar-refractivity contribution is -0.140. The predicted molar refractivity (Wildman–Crippen MR) is 58.6 cm³/mol. The zero-order chi connectivity index (χ0) is 13.1. The van der Waals surface area contributed by atoms with Gasteiger partial charge >= 0.3 is 12.3 Å². The molecule has 6 heteroatoms. The summed E-state index contributed by atoms with van der Waals surface area (Å²) in [6, 6.07) is 0.353. The molecule has 1 heterocycles. The monoisotopic (exact) mass is 256 g/mol. The van der Waals surface area contributed by atoms with Gasteiger partial charge in [0.25, 0.3) is 0 Å². The van der Waals surface area contributed by atoms with Crippen molar-refractivity contribution in [2.75, 3.05) is 26.2 Å². The molecule has 0 amide bonds. The van der Waals surface area contributed by atoms with E-state index in [0.717, 1.165) is 13.0 Å². The summed E-state index contributed by atoms with van der Waals surface area (Å²) in [6.07, 6.45) is -2.78. The predicted octanol–water partition coefficient (Wildman–Crippen LogP) is 2.21. The molecule has 1 saturated heterocycles. The lowest BCUT2D eigenvalue weighted by Gasteiger charge is -2.23. The molecule has 0 spiro atoms. The van der Waals surface area contributed by atoms with Gasteiger partial charge in [0.15, 0.2) is 0 Å². The van der Waals surface area contributed by atoms with Crippen molar-refractivity contribution in [2.24, 2.45) is 5.92 Å². The molecule has 1 aliphatic rings. The van der Waals surface area contributed by atoms with Crippen molar-refractivity contribution in [1.82, 2.24) is 10.2 Å². The first-order chi connectivity index (χ1) is 7.81. The number of nitrogens with one attached hydrogen (secondary N) is 1. The number of rotatable bonds is 6. The van der Waals surface area contributed by atoms with Gasteiger partial charge in [-0.1, -0.05) is 13.8 Å². The van der Waals surface area contributed by atoms with Crippen molar-refractivity contribution < 1.29 is 17.6 Å². The Bertz CT molecular complexity index is 234. The van der Waals surface area contributed by atoms with E-state index in [-0.39, 0.29) is 5.92 Å². The third-order valence-corrected chi connectivity index (χ3v) is 2.94. The van der Waals surface area contributed by atoms with E-state index in [1.165, 1.54) is 4.90 Å². The maximum atomic E-state index is 12.8. The lowest BCUT2D eigenvalue weighted by Crippen LogP contribution is -2.41. The summed E-state index contributed by atoms with van der Waals surface area (Å²) in [5.74, 6) is -3.61. The average Bonchev–Trinajstić information content (AvgIpc) is 2.61. The summed E-state index contributed by atoms with van der Waals surface area (Å²) in [5, 5.41) is 3.23. The summed E-state index contributed by atoms with van der Waals surface area (Å²) < 4.78 is 49.7. The summed E-state index contributed by atoms with van der Waals surface area (Å²) in [4.78, 5) is 1.43. The van der Waals surface area contributed by atoms with Gasteiger partial charge in [-0.15, -0.1) is 0 Å². The molecule has 1 N–H and O–H groups in total. The van der Waals surface area contributed by atoms with Crippen LogP contribution in [-0.4, -0.2) is 49.5 Å². The molecule has 102 valence electrons. The minimum Gasteiger partial charge on any atom is -0.314 e. The van der Waals surface area contributed by atoms with Crippen LogP contribution < -0.4 is 5.32 Å². The molecule has 17 heavy (non-hydrogen) atoms. The second-order valence-corrected chi connectivity index (χ2v) is 5.01. The third kappa shape index (κ3) is 4.79. The van der Waals surface area contributed by atoms with Crippen LogP contribution in [0.15, 0.2) is 0 Å². The summed E-state index contributed by atoms with van der Waals surface area (Å²) in [6.45, 7) is 4.90. The maximum absolute atomic E-state index is 12.8. The third-order valence-electron chi connectivity index (χ3n) is 2.94. The van der Waals surface area contributed by atoms with Gasteiger partial charge < -0.3 is 5.32 Å². The number of halogens is 4. The van der Waals surface area contributed by atoms with Gasteiger partial charge in [0.1, 0.15) is 0 Å². The van der Waals surface area contributed by atoms with Crippen LogP contribution in [-0.2, 0) is 0 Å². The first-order valence-corrected chi connectivity index (χ1v) is 5.93. The Kier molecular flexibility index (Phi) is 5.19. The highest BCUT2D eigenvalue weighted by atomic mass is 19.3. The van der Waals surface area contributed by atoms with Crippen LogP contribution in [0.2, 0.25) is 0 Å². The zero-order valence-corrected chi connectivity index (χ0v) is 10.2. The molecule has 0 bridgehead atoms. The fourth-order valence-electron chi connectivity index (χ4n) is 1.99. The second-order valence-electron chi connectivity index (χ2n) is 5.01. The van der Waals surface area contributed by atoms with E-state index in [1.807, 2.05) is 13.8 Å². The van der Waals surface area contributed by atoms with Crippen molar-refractivity contribution in [3.05, 3.63) is 0 Å². The fraction of sp³-hybridized carbons (Fsp3) is 1.00. The molecular weight excluding hydrogens is 236 g/mol. The van der Waals surface area contributed by atoms with Crippen LogP contribution >= 0.6 is 0 Å². The molecule has 0 saturated carbocycles. The van der Waals surface area contributed by atoms with Gasteiger partial charge in [0.2, 0.25) is 0 Å². The minimum atomic E-state index is -3.89. The smallest absolute Gasteiger partial charge is 0.314 e. The van der Waals surface area contributed by atoms with E-state index in [1.54, 1.807) is 0 Å². The molecule has 2 nitrogen and oxygen atoms in total. The lowest BCUT2D eigenvalue weighted by atomic mass is 10.1. The van der Waals surface area contributed by atoms with Crippen LogP contribution in [0.5, 0.6) is 0 Å². The van der Waals surface area contributed by atoms with E-state index in [9.17, 15) is 17.6 Å². The standard InChI is InChI=1S/C11H20F4N2/c1-8(2)16-5-9-3-4-17(6-9)7-11(14,15)10(12)13/h8-10,16H,3-7H2,1-2H3. The Labute approximate surface area is 99.4 Å². The van der Waals surface area contributed by atoms with Crippen LogP contribution in [0.3, 0.4) is 0 Å². The van der Waals surface area contributed by atoms with Crippen LogP contribution in [0.4, 0.5) is 17.6 Å². The van der Waals surface area contributed by atoms with Gasteiger partial charge in [-0.25, -0.2) is 8.78 Å². The fourth-order valence-corrected chi connectivity index (χ4v) is 1.99. The van der Waals surface area contributed by atoms with Crippen molar-refractivity contribution in [2.45, 2.75) is 38.7 Å². The van der Waals surface area contributed by atoms with Crippen LogP contribution in [0.1, 0.15) is 20.3 Å². The normalized spacial score (nSPS) is 22.9. The maximum Gasteiger partial charge on any atom is 0.319 e. The number of likely N-dealkylation sites (tertiary alicyclic amines) is 1. The Hall–Kier alpha value is -0.360. The molecule has 0 aromatic rings. The van der Waals surface area contributed by atoms with Crippen LogP contribution in [0, 0.1) is 5.92 Å². The molecule has 0 aromatic carbocycles. The van der Waals surface area contributed by atoms with Crippen molar-refractivity contribution >= 4 is 0 Å². The number of hydrogen-bond donors (Lipinski definition) is 1. The molecule has 0 radical (unpaired) electrons. The highest BCUT2D eigenvalue weighted by Crippen LogP contribution is 2.26. The van der Waals surface area contributed by atoms with E-state index in [2.05, 4.69) is 5.32 Å². The molecule has 0 aromatic heterocycles. The average molecular weight is 256 g/mol. The van der Waals surface area contributed by atoms with Crippen molar-refractivity contribution in [3.8, 4) is 0 Å². The summed E-state index contributed by atoms with van der Waals surface area (Å²) >= 11 is 0. The van der Waals surface area contributed by atoms with Crippen molar-refractivity contribution in [1.29, 1.82) is 0 Å². The molecule has 1 rings (SSSR count). The molecule has 1 fully saturated rings. The van der Waals surface area contributed by atoms with E-state index < -0.39 is 18.9 Å². The molecule has 0 aliphatic carbocycles. The minimum absolute atomic E-state index is 0.283. The SMILES string of the molecule is CC(C)NCC1CCN(CC(F)(F)C(F)F)C1. The summed E-state index contributed by atoms with van der Waals surface area (Å²) in [5.41, 5.74) is 0. The van der Waals surface area contributed by atoms with Gasteiger partial charge in [-0.3, -0.25) is 4.90 Å². The van der Waals surface area contributed by atoms with Crippen LogP contribution in [0.25, 0.3) is 0 Å². The van der Waals surface area contributed by atoms with E-state index >= 15 is 0 Å². The molecular formula is C11H20F4N2. The van der Waals surface area contributed by atoms with Gasteiger partial charge in [-0.2, -0.15) is 8.78 Å². The topological polar surface area (TPSA) is 15.3 Å². The molecule has 1 unspecified atom stereocenters. The number of hydrogen-bond acceptors (Lipinski definition) is 2. The zero-order valence-electron chi connectivity index (χ0n) is 10.2. The Morgan fingerprint density at radius 2 is 2.00 bits per heavy atom. The first-order valence-electron chi connectivity index (χ1n) is 5.93. The number of nitrogens with zero attached hydrogens (tertiary/aromatic N) is 1. The summed E-state index contributed by atoms with van der Waals surface area (Å²) in [7, 11) is 0. The van der Waals surface area contributed by atoms with E-state index in [0.29, 0.717) is 19.1 Å². The Morgan fingerprint density at radius 3 is 2.53 bits per heavy atom. The quantitative estimate of drug-likeness (QED) is 0.733. The van der Waals surface area contributed by atoms with Crippen molar-refractivity contribution in [3.63, 3.8) is 0 Å². The molecule has 1 aliphatic heterocycles. The second kappa shape index (κ2) is 6.00. The highest BCUT2D eigenvalue weighted by molar-refractivity contribution is 4.82. The van der Waals surface area contributed by atoms with Gasteiger partial charge in [0, 0.05) is 12.6 Å².